The molecule has 2 aliphatic rings. The van der Waals surface area contributed by atoms with Gasteiger partial charge in [-0.05, 0) is 54.9 Å². The van der Waals surface area contributed by atoms with E-state index in [2.05, 4.69) is 10.4 Å². The number of para-hydroxylation sites is 1. The van der Waals surface area contributed by atoms with E-state index in [1.54, 1.807) is 23.1 Å². The first-order valence-electron chi connectivity index (χ1n) is 10.4. The van der Waals surface area contributed by atoms with Crippen molar-refractivity contribution in [1.82, 2.24) is 10.3 Å². The van der Waals surface area contributed by atoms with Gasteiger partial charge in [-0.25, -0.2) is 0 Å². The fourth-order valence-electron chi connectivity index (χ4n) is 3.93. The van der Waals surface area contributed by atoms with Crippen LogP contribution >= 0.6 is 23.4 Å². The van der Waals surface area contributed by atoms with Crippen molar-refractivity contribution in [2.75, 3.05) is 18.1 Å². The number of hydrogen-bond donors (Lipinski definition) is 1. The lowest BCUT2D eigenvalue weighted by molar-refractivity contribution is -0.139. The molecule has 4 rings (SSSR count). The van der Waals surface area contributed by atoms with Gasteiger partial charge >= 0.3 is 0 Å². The number of hydrogen-bond acceptors (Lipinski definition) is 6. The molecular weight excluding hydrogens is 464 g/mol. The summed E-state index contributed by atoms with van der Waals surface area (Å²) in [5.41, 5.74) is 2.25. The number of carbonyl (C=O) groups is 3. The van der Waals surface area contributed by atoms with Crippen LogP contribution in [0.25, 0.3) is 0 Å². The van der Waals surface area contributed by atoms with Gasteiger partial charge in [0, 0.05) is 31.0 Å². The number of thioether (sulfide) groups is 1. The highest BCUT2D eigenvalue weighted by Crippen LogP contribution is 2.54. The van der Waals surface area contributed by atoms with Crippen LogP contribution in [0.5, 0.6) is 5.75 Å². The lowest BCUT2D eigenvalue weighted by Gasteiger charge is -2.29. The van der Waals surface area contributed by atoms with Crippen LogP contribution in [0.2, 0.25) is 5.02 Å². The first kappa shape index (κ1) is 23.1. The largest absolute Gasteiger partial charge is 0.493 e. The van der Waals surface area contributed by atoms with E-state index in [9.17, 15) is 14.4 Å². The molecule has 0 saturated carbocycles. The topological polar surface area (TPSA) is 91.3 Å². The molecule has 0 aliphatic carbocycles. The Morgan fingerprint density at radius 3 is 2.67 bits per heavy atom. The standard InChI is InChI=1S/C23H23ClN4O4S/c1-14-7-4-5-8-20(14)32-12-6-11-27-19-10-9-17(24)13-18(19)23(21(27)31)28(16(3)30)26-22(33-23)25-15(2)29/h4-5,7-10,13H,6,11-12H2,1-3H3,(H,25,26,29)/t23-/m0/s1. The third-order valence-corrected chi connectivity index (χ3v) is 6.82. The second kappa shape index (κ2) is 9.07. The minimum absolute atomic E-state index is 0.182. The number of halogens is 1. The molecule has 3 amide bonds. The van der Waals surface area contributed by atoms with Gasteiger partial charge in [0.25, 0.3) is 5.91 Å². The van der Waals surface area contributed by atoms with Crippen molar-refractivity contribution in [1.29, 1.82) is 0 Å². The molecule has 8 nitrogen and oxygen atoms in total. The molecule has 1 spiro atoms. The first-order chi connectivity index (χ1) is 15.7. The summed E-state index contributed by atoms with van der Waals surface area (Å²) in [4.78, 5) is 38.1. The van der Waals surface area contributed by atoms with Gasteiger partial charge < -0.3 is 15.0 Å². The molecule has 0 bridgehead atoms. The number of amidine groups is 1. The van der Waals surface area contributed by atoms with Gasteiger partial charge in [0.05, 0.1) is 12.3 Å². The van der Waals surface area contributed by atoms with Crippen LogP contribution in [-0.4, -0.2) is 41.0 Å². The molecule has 0 unspecified atom stereocenters. The average molecular weight is 487 g/mol. The first-order valence-corrected chi connectivity index (χ1v) is 11.6. The fraction of sp³-hybridized carbons (Fsp3) is 0.304. The second-order valence-electron chi connectivity index (χ2n) is 7.75. The van der Waals surface area contributed by atoms with E-state index in [0.717, 1.165) is 28.1 Å². The van der Waals surface area contributed by atoms with Gasteiger partial charge in [0.15, 0.2) is 5.17 Å². The molecule has 2 heterocycles. The predicted molar refractivity (Wildman–Crippen MR) is 128 cm³/mol. The summed E-state index contributed by atoms with van der Waals surface area (Å²) in [7, 11) is 0. The van der Waals surface area contributed by atoms with Crippen LogP contribution in [0.1, 0.15) is 31.4 Å². The number of carbonyl (C=O) groups excluding carboxylic acids is 3. The minimum Gasteiger partial charge on any atom is -0.493 e. The number of aryl methyl sites for hydroxylation is 1. The number of anilines is 1. The van der Waals surface area contributed by atoms with Crippen LogP contribution in [0.4, 0.5) is 5.69 Å². The van der Waals surface area contributed by atoms with Gasteiger partial charge in [0.2, 0.25) is 16.7 Å². The van der Waals surface area contributed by atoms with Crippen molar-refractivity contribution in [3.63, 3.8) is 0 Å². The number of hydrazone groups is 1. The average Bonchev–Trinajstić information content (AvgIpc) is 3.24. The Morgan fingerprint density at radius 1 is 1.21 bits per heavy atom. The Balaban J connectivity index is 1.60. The Bertz CT molecular complexity index is 1170. The summed E-state index contributed by atoms with van der Waals surface area (Å²) in [6, 6.07) is 12.9. The van der Waals surface area contributed by atoms with E-state index < -0.39 is 10.8 Å². The molecule has 1 N–H and O–H groups in total. The maximum absolute atomic E-state index is 13.8. The third-order valence-electron chi connectivity index (χ3n) is 5.34. The zero-order chi connectivity index (χ0) is 23.8. The highest BCUT2D eigenvalue weighted by atomic mass is 35.5. The second-order valence-corrected chi connectivity index (χ2v) is 9.37. The zero-order valence-corrected chi connectivity index (χ0v) is 20.0. The highest BCUT2D eigenvalue weighted by Gasteiger charge is 2.61. The molecule has 2 aromatic rings. The van der Waals surface area contributed by atoms with Crippen LogP contribution in [0.3, 0.4) is 0 Å². The summed E-state index contributed by atoms with van der Waals surface area (Å²) in [6.07, 6.45) is 0.572. The zero-order valence-electron chi connectivity index (χ0n) is 18.4. The Hall–Kier alpha value is -3.04. The Kier molecular flexibility index (Phi) is 6.36. The maximum Gasteiger partial charge on any atom is 0.270 e. The SMILES string of the molecule is CC(=O)NC1=NN(C(C)=O)[C@@]2(S1)C(=O)N(CCCOc1ccccc1C)c1ccc(Cl)cc12. The van der Waals surface area contributed by atoms with Crippen LogP contribution < -0.4 is 15.0 Å². The minimum atomic E-state index is -1.46. The fourth-order valence-corrected chi connectivity index (χ4v) is 5.43. The molecular formula is C23H23ClN4O4S. The van der Waals surface area contributed by atoms with Crippen LogP contribution in [0.15, 0.2) is 47.6 Å². The predicted octanol–water partition coefficient (Wildman–Crippen LogP) is 3.62. The van der Waals surface area contributed by atoms with E-state index in [4.69, 9.17) is 16.3 Å². The van der Waals surface area contributed by atoms with Crippen molar-refractivity contribution < 1.29 is 19.1 Å². The van der Waals surface area contributed by atoms with Crippen LogP contribution in [-0.2, 0) is 19.3 Å². The van der Waals surface area contributed by atoms with Crippen molar-refractivity contribution >= 4 is 51.9 Å². The van der Waals surface area contributed by atoms with Crippen LogP contribution in [0, 0.1) is 6.92 Å². The summed E-state index contributed by atoms with van der Waals surface area (Å²) in [5.74, 6) is -0.285. The van der Waals surface area contributed by atoms with Crippen molar-refractivity contribution in [2.24, 2.45) is 5.10 Å². The highest BCUT2D eigenvalue weighted by molar-refractivity contribution is 8.15. The van der Waals surface area contributed by atoms with Gasteiger partial charge in [0.1, 0.15) is 5.75 Å². The van der Waals surface area contributed by atoms with E-state index in [0.29, 0.717) is 35.8 Å². The van der Waals surface area contributed by atoms with E-state index in [1.165, 1.54) is 13.8 Å². The molecule has 172 valence electrons. The molecule has 0 fully saturated rings. The number of ether oxygens (including phenoxy) is 1. The number of nitrogens with zero attached hydrogens (tertiary/aromatic N) is 3. The van der Waals surface area contributed by atoms with E-state index >= 15 is 0 Å². The molecule has 0 aromatic heterocycles. The van der Waals surface area contributed by atoms with Gasteiger partial charge in [-0.2, -0.15) is 5.01 Å². The van der Waals surface area contributed by atoms with Gasteiger partial charge in [-0.15, -0.1) is 5.10 Å². The van der Waals surface area contributed by atoms with Gasteiger partial charge in [-0.1, -0.05) is 29.8 Å². The number of fused-ring (bicyclic) bond motifs is 2. The van der Waals surface area contributed by atoms with Crippen molar-refractivity contribution in [2.45, 2.75) is 32.1 Å². The number of amides is 3. The summed E-state index contributed by atoms with van der Waals surface area (Å²) >= 11 is 7.30. The lowest BCUT2D eigenvalue weighted by atomic mass is 10.1. The molecule has 0 saturated heterocycles. The van der Waals surface area contributed by atoms with E-state index in [-0.39, 0.29) is 17.0 Å². The van der Waals surface area contributed by atoms with Gasteiger partial charge in [-0.3, -0.25) is 14.4 Å². The Labute approximate surface area is 200 Å². The Morgan fingerprint density at radius 2 is 1.97 bits per heavy atom. The molecule has 1 atom stereocenters. The normalized spacial score (nSPS) is 19.0. The molecule has 10 heteroatoms. The number of nitrogens with one attached hydrogen (secondary N) is 1. The molecule has 2 aliphatic heterocycles. The quantitative estimate of drug-likeness (QED) is 0.652. The summed E-state index contributed by atoms with van der Waals surface area (Å²) < 4.78 is 5.88. The maximum atomic E-state index is 13.8. The van der Waals surface area contributed by atoms with Crippen molar-refractivity contribution in [3.8, 4) is 5.75 Å². The molecule has 0 radical (unpaired) electrons. The molecule has 2 aromatic carbocycles. The third kappa shape index (κ3) is 4.18. The number of rotatable bonds is 5. The van der Waals surface area contributed by atoms with Crippen molar-refractivity contribution in [3.05, 3.63) is 58.6 Å². The smallest absolute Gasteiger partial charge is 0.270 e. The van der Waals surface area contributed by atoms with E-state index in [1.807, 2.05) is 31.2 Å². The number of benzene rings is 2. The molecule has 33 heavy (non-hydrogen) atoms. The summed E-state index contributed by atoms with van der Waals surface area (Å²) in [5, 5.41) is 8.57. The summed E-state index contributed by atoms with van der Waals surface area (Å²) in [6.45, 7) is 5.45. The lowest BCUT2D eigenvalue weighted by Crippen LogP contribution is -2.48. The monoisotopic (exact) mass is 486 g/mol.